The van der Waals surface area contributed by atoms with E-state index in [9.17, 15) is 13.6 Å². The first-order chi connectivity index (χ1) is 19.0. The van der Waals surface area contributed by atoms with Gasteiger partial charge in [-0.25, -0.2) is 18.3 Å². The van der Waals surface area contributed by atoms with Crippen LogP contribution in [0.3, 0.4) is 0 Å². The smallest absolute Gasteiger partial charge is 0.284 e. The quantitative estimate of drug-likeness (QED) is 0.491. The Morgan fingerprint density at radius 1 is 1.13 bits per heavy atom. The predicted octanol–water partition coefficient (Wildman–Crippen LogP) is 2.48. The number of hydrogen-bond donors (Lipinski definition) is 2. The summed E-state index contributed by atoms with van der Waals surface area (Å²) >= 11 is 0. The van der Waals surface area contributed by atoms with Gasteiger partial charge in [0.25, 0.3) is 12.3 Å². The summed E-state index contributed by atoms with van der Waals surface area (Å²) in [7, 11) is 0. The second-order valence-corrected chi connectivity index (χ2v) is 11.0. The molecule has 7 rings (SSSR count). The summed E-state index contributed by atoms with van der Waals surface area (Å²) in [6.07, 6.45) is 6.88. The van der Waals surface area contributed by atoms with Crippen molar-refractivity contribution in [3.63, 3.8) is 0 Å². The Hall–Kier alpha value is -3.16. The number of piperazine rings is 1. The van der Waals surface area contributed by atoms with Gasteiger partial charge in [-0.1, -0.05) is 0 Å². The minimum absolute atomic E-state index is 0.0312. The summed E-state index contributed by atoms with van der Waals surface area (Å²) in [6.45, 7) is 5.56. The van der Waals surface area contributed by atoms with E-state index >= 15 is 0 Å². The average Bonchev–Trinajstić information content (AvgIpc) is 3.77. The highest BCUT2D eigenvalue weighted by Crippen LogP contribution is 2.35. The number of amides is 1. The minimum Gasteiger partial charge on any atom is -0.374 e. The van der Waals surface area contributed by atoms with Crippen molar-refractivity contribution in [2.75, 3.05) is 49.5 Å². The number of halogens is 2. The Balaban J connectivity index is 1.08. The molecular formula is C26H33F2N9O2. The Morgan fingerprint density at radius 3 is 2.64 bits per heavy atom. The second kappa shape index (κ2) is 10.1. The highest BCUT2D eigenvalue weighted by molar-refractivity contribution is 6.08. The zero-order valence-corrected chi connectivity index (χ0v) is 21.7. The van der Waals surface area contributed by atoms with Gasteiger partial charge in [0.1, 0.15) is 11.4 Å². The van der Waals surface area contributed by atoms with E-state index < -0.39 is 18.0 Å². The van der Waals surface area contributed by atoms with Crippen LogP contribution in [0.1, 0.15) is 60.6 Å². The molecule has 39 heavy (non-hydrogen) atoms. The summed E-state index contributed by atoms with van der Waals surface area (Å²) in [5.41, 5.74) is 0.224. The van der Waals surface area contributed by atoms with Gasteiger partial charge in [0.15, 0.2) is 11.3 Å². The molecule has 4 fully saturated rings. The first-order valence-electron chi connectivity index (χ1n) is 13.9. The van der Waals surface area contributed by atoms with Crippen LogP contribution in [0.25, 0.3) is 5.65 Å². The number of nitrogens with one attached hydrogen (secondary N) is 2. The van der Waals surface area contributed by atoms with Crippen LogP contribution in [-0.4, -0.2) is 92.7 Å². The van der Waals surface area contributed by atoms with E-state index in [2.05, 4.69) is 30.6 Å². The Kier molecular flexibility index (Phi) is 6.44. The molecule has 0 radical (unpaired) electrons. The first-order valence-corrected chi connectivity index (χ1v) is 13.9. The molecule has 0 aromatic carbocycles. The standard InChI is InChI=1S/C26H33F2N9O2/c27-24(28)23-21(14-37(33-23)17-3-1-16(2-4-17)34-9-6-29-7-10-34)31-26(38)20-12-30-36-8-5-22(32-25(20)36)35-13-19-11-18(35)15-39-19/h5,8,12,14,16-19,24,29H,1-4,6-7,9-11,13,15H2,(H,31,38)/t16?,17?,18-,19-/m1/s1. The van der Waals surface area contributed by atoms with Crippen molar-refractivity contribution >= 4 is 23.1 Å². The molecule has 1 amide bonds. The topological polar surface area (TPSA) is 105 Å². The summed E-state index contributed by atoms with van der Waals surface area (Å²) in [5.74, 6) is 0.218. The van der Waals surface area contributed by atoms with E-state index in [4.69, 9.17) is 9.72 Å². The fraction of sp³-hybridized carbons (Fsp3) is 0.615. The van der Waals surface area contributed by atoms with E-state index in [1.54, 1.807) is 17.1 Å². The lowest BCUT2D eigenvalue weighted by Gasteiger charge is -2.39. The lowest BCUT2D eigenvalue weighted by Crippen LogP contribution is -2.49. The third-order valence-corrected chi connectivity index (χ3v) is 8.72. The van der Waals surface area contributed by atoms with Crippen molar-refractivity contribution < 1.29 is 18.3 Å². The molecule has 1 aliphatic carbocycles. The molecule has 0 spiro atoms. The number of aromatic nitrogens is 5. The molecule has 3 aliphatic heterocycles. The summed E-state index contributed by atoms with van der Waals surface area (Å²) in [4.78, 5) is 22.7. The van der Waals surface area contributed by atoms with E-state index in [1.165, 1.54) is 10.7 Å². The number of rotatable bonds is 6. The molecule has 3 saturated heterocycles. The minimum atomic E-state index is -2.81. The molecule has 1 saturated carbocycles. The van der Waals surface area contributed by atoms with Crippen LogP contribution in [0.2, 0.25) is 0 Å². The highest BCUT2D eigenvalue weighted by Gasteiger charge is 2.40. The van der Waals surface area contributed by atoms with E-state index in [-0.39, 0.29) is 29.4 Å². The second-order valence-electron chi connectivity index (χ2n) is 11.0. The van der Waals surface area contributed by atoms with E-state index in [1.807, 2.05) is 6.07 Å². The maximum absolute atomic E-state index is 14.0. The normalized spacial score (nSPS) is 27.6. The number of anilines is 2. The Bertz CT molecular complexity index is 1350. The van der Waals surface area contributed by atoms with Crippen molar-refractivity contribution in [1.29, 1.82) is 0 Å². The molecule has 2 N–H and O–H groups in total. The summed E-state index contributed by atoms with van der Waals surface area (Å²) in [6, 6.07) is 2.71. The molecule has 3 aromatic rings. The van der Waals surface area contributed by atoms with Crippen LogP contribution >= 0.6 is 0 Å². The monoisotopic (exact) mass is 541 g/mol. The molecule has 208 valence electrons. The zero-order valence-electron chi connectivity index (χ0n) is 21.7. The molecule has 3 aromatic heterocycles. The third kappa shape index (κ3) is 4.66. The number of carbonyl (C=O) groups excluding carboxylic acids is 1. The van der Waals surface area contributed by atoms with Crippen LogP contribution in [0.5, 0.6) is 0 Å². The molecule has 2 atom stereocenters. The molecular weight excluding hydrogens is 508 g/mol. The van der Waals surface area contributed by atoms with Crippen molar-refractivity contribution in [1.82, 2.24) is 34.6 Å². The summed E-state index contributed by atoms with van der Waals surface area (Å²) < 4.78 is 36.8. The average molecular weight is 542 g/mol. The molecule has 2 bridgehead atoms. The number of hydrogen-bond acceptors (Lipinski definition) is 8. The van der Waals surface area contributed by atoms with Crippen LogP contribution in [-0.2, 0) is 4.74 Å². The highest BCUT2D eigenvalue weighted by atomic mass is 19.3. The van der Waals surface area contributed by atoms with Gasteiger partial charge < -0.3 is 20.3 Å². The molecule has 4 aliphatic rings. The Morgan fingerprint density at radius 2 is 1.92 bits per heavy atom. The lowest BCUT2D eigenvalue weighted by atomic mass is 9.90. The van der Waals surface area contributed by atoms with Gasteiger partial charge in [0.2, 0.25) is 0 Å². The SMILES string of the molecule is O=C(Nc1cn(C2CCC(N3CCNCC3)CC2)nc1C(F)F)c1cnn2ccc(N3C[C@H]4C[C@@H]3CO4)nc12. The van der Waals surface area contributed by atoms with Gasteiger partial charge in [0.05, 0.1) is 36.7 Å². The molecule has 11 nitrogen and oxygen atoms in total. The maximum Gasteiger partial charge on any atom is 0.284 e. The molecule has 6 heterocycles. The third-order valence-electron chi connectivity index (χ3n) is 8.72. The number of nitrogens with zero attached hydrogens (tertiary/aromatic N) is 7. The van der Waals surface area contributed by atoms with Gasteiger partial charge in [-0.2, -0.15) is 10.2 Å². The predicted molar refractivity (Wildman–Crippen MR) is 139 cm³/mol. The van der Waals surface area contributed by atoms with Gasteiger partial charge in [0, 0.05) is 51.2 Å². The maximum atomic E-state index is 14.0. The van der Waals surface area contributed by atoms with Crippen LogP contribution < -0.4 is 15.5 Å². The number of ether oxygens (including phenoxy) is 1. The van der Waals surface area contributed by atoms with Crippen molar-refractivity contribution in [2.45, 2.75) is 62.8 Å². The van der Waals surface area contributed by atoms with E-state index in [0.717, 1.165) is 70.6 Å². The van der Waals surface area contributed by atoms with Gasteiger partial charge in [-0.15, -0.1) is 0 Å². The van der Waals surface area contributed by atoms with Crippen LogP contribution in [0, 0.1) is 0 Å². The summed E-state index contributed by atoms with van der Waals surface area (Å²) in [5, 5.41) is 14.5. The van der Waals surface area contributed by atoms with Crippen LogP contribution in [0.15, 0.2) is 24.7 Å². The van der Waals surface area contributed by atoms with Crippen LogP contribution in [0.4, 0.5) is 20.3 Å². The fourth-order valence-corrected chi connectivity index (χ4v) is 6.63. The Labute approximate surface area is 224 Å². The largest absolute Gasteiger partial charge is 0.374 e. The van der Waals surface area contributed by atoms with E-state index in [0.29, 0.717) is 18.3 Å². The zero-order chi connectivity index (χ0) is 26.5. The number of fused-ring (bicyclic) bond motifs is 3. The number of morpholine rings is 1. The first kappa shape index (κ1) is 24.9. The number of alkyl halides is 2. The lowest BCUT2D eigenvalue weighted by molar-refractivity contribution is 0.0988. The van der Waals surface area contributed by atoms with Crippen molar-refractivity contribution in [2.24, 2.45) is 0 Å². The van der Waals surface area contributed by atoms with Gasteiger partial charge in [-0.3, -0.25) is 14.4 Å². The molecule has 13 heteroatoms. The van der Waals surface area contributed by atoms with Crippen molar-refractivity contribution in [3.05, 3.63) is 35.9 Å². The van der Waals surface area contributed by atoms with Crippen molar-refractivity contribution in [3.8, 4) is 0 Å². The molecule has 0 unspecified atom stereocenters. The van der Waals surface area contributed by atoms with Gasteiger partial charge >= 0.3 is 0 Å². The van der Waals surface area contributed by atoms with Gasteiger partial charge in [-0.05, 0) is 38.2 Å². The fourth-order valence-electron chi connectivity index (χ4n) is 6.63. The number of carbonyl (C=O) groups is 1.